The topological polar surface area (TPSA) is 101 Å². The van der Waals surface area contributed by atoms with E-state index >= 15 is 0 Å². The second-order valence-electron chi connectivity index (χ2n) is 10.4. The van der Waals surface area contributed by atoms with Gasteiger partial charge in [-0.15, -0.1) is 0 Å². The van der Waals surface area contributed by atoms with Crippen LogP contribution in [0.4, 0.5) is 0 Å². The average molecular weight is 605 g/mol. The first-order valence-electron chi connectivity index (χ1n) is 13.3. The molecule has 1 saturated heterocycles. The van der Waals surface area contributed by atoms with Crippen molar-refractivity contribution in [3.8, 4) is 5.75 Å². The second kappa shape index (κ2) is 11.9. The van der Waals surface area contributed by atoms with Gasteiger partial charge in [0.05, 0.1) is 27.4 Å². The first-order chi connectivity index (χ1) is 20.0. The number of amides is 3. The van der Waals surface area contributed by atoms with Crippen molar-refractivity contribution in [2.75, 3.05) is 6.54 Å². The molecule has 1 heterocycles. The number of rotatable bonds is 7. The van der Waals surface area contributed by atoms with Crippen LogP contribution in [-0.2, 0) is 9.59 Å². The number of hydrogen-bond acceptors (Lipinski definition) is 6. The Morgan fingerprint density at radius 2 is 1.45 bits per heavy atom. The quantitative estimate of drug-likeness (QED) is 0.106. The van der Waals surface area contributed by atoms with Gasteiger partial charge in [0, 0.05) is 11.1 Å². The van der Waals surface area contributed by atoms with E-state index in [9.17, 15) is 24.0 Å². The smallest absolute Gasteiger partial charge is 0.343 e. The summed E-state index contributed by atoms with van der Waals surface area (Å²) in [5, 5.41) is 2.02. The van der Waals surface area contributed by atoms with Crippen LogP contribution in [0.1, 0.15) is 56.4 Å². The predicted octanol–water partition coefficient (Wildman–Crippen LogP) is 6.10. The number of carbonyl (C=O) groups is 5. The summed E-state index contributed by atoms with van der Waals surface area (Å²) in [5.74, 6) is -3.90. The van der Waals surface area contributed by atoms with Crippen LogP contribution in [0.25, 0.3) is 0 Å². The van der Waals surface area contributed by atoms with E-state index in [4.69, 9.17) is 27.9 Å². The molecule has 1 fully saturated rings. The van der Waals surface area contributed by atoms with Crippen molar-refractivity contribution in [1.29, 1.82) is 0 Å². The van der Waals surface area contributed by atoms with Gasteiger partial charge in [-0.25, -0.2) is 9.80 Å². The molecule has 8 nitrogen and oxygen atoms in total. The van der Waals surface area contributed by atoms with Gasteiger partial charge in [0.2, 0.25) is 0 Å². The van der Waals surface area contributed by atoms with E-state index in [2.05, 4.69) is 0 Å². The summed E-state index contributed by atoms with van der Waals surface area (Å²) < 4.78 is 5.40. The Kier molecular flexibility index (Phi) is 8.29. The molecular weight excluding hydrogens is 579 g/mol. The first kappa shape index (κ1) is 29.2. The third-order valence-corrected chi connectivity index (χ3v) is 8.15. The molecule has 10 heteroatoms. The fraction of sp³-hybridized carbons (Fsp3) is 0.219. The van der Waals surface area contributed by atoms with Gasteiger partial charge >= 0.3 is 5.97 Å². The van der Waals surface area contributed by atoms with Gasteiger partial charge in [0.1, 0.15) is 12.3 Å². The highest BCUT2D eigenvalue weighted by atomic mass is 35.5. The number of benzene rings is 3. The maximum atomic E-state index is 13.7. The third kappa shape index (κ3) is 5.86. The molecule has 0 unspecified atom stereocenters. The zero-order chi connectivity index (χ0) is 30.1. The van der Waals surface area contributed by atoms with Crippen LogP contribution in [-0.4, -0.2) is 46.0 Å². The van der Waals surface area contributed by atoms with E-state index in [0.29, 0.717) is 18.4 Å². The van der Waals surface area contributed by atoms with Gasteiger partial charge in [-0.3, -0.25) is 19.2 Å². The summed E-state index contributed by atoms with van der Waals surface area (Å²) in [7, 11) is 0. The van der Waals surface area contributed by atoms with Crippen molar-refractivity contribution < 1.29 is 28.7 Å². The minimum atomic E-state index is -0.754. The summed E-state index contributed by atoms with van der Waals surface area (Å²) in [6.07, 6.45) is 2.69. The molecule has 3 aromatic rings. The molecule has 0 N–H and O–H groups in total. The fourth-order valence-corrected chi connectivity index (χ4v) is 5.36. The number of carbonyl (C=O) groups excluding carboxylic acids is 5. The predicted molar refractivity (Wildman–Crippen MR) is 156 cm³/mol. The number of hydrogen-bond donors (Lipinski definition) is 0. The number of ether oxygens (including phenoxy) is 1. The van der Waals surface area contributed by atoms with Crippen molar-refractivity contribution in [2.24, 2.45) is 11.8 Å². The van der Waals surface area contributed by atoms with Crippen molar-refractivity contribution in [1.82, 2.24) is 10.0 Å². The maximum absolute atomic E-state index is 13.7. The zero-order valence-electron chi connectivity index (χ0n) is 22.8. The number of Topliss-reactive ketones (excluding diaryl/α,β-unsaturated/α-hetero) is 1. The Labute approximate surface area is 252 Å². The van der Waals surface area contributed by atoms with Gasteiger partial charge < -0.3 is 4.74 Å². The molecule has 0 aromatic heterocycles. The van der Waals surface area contributed by atoms with Crippen LogP contribution in [0, 0.1) is 18.8 Å². The van der Waals surface area contributed by atoms with E-state index in [1.807, 2.05) is 19.9 Å². The van der Waals surface area contributed by atoms with Gasteiger partial charge in [-0.05, 0) is 81.3 Å². The fourth-order valence-electron chi connectivity index (χ4n) is 5.06. The second-order valence-corrected chi connectivity index (χ2v) is 11.2. The molecule has 2 atom stereocenters. The molecule has 2 aliphatic rings. The molecule has 5 rings (SSSR count). The summed E-state index contributed by atoms with van der Waals surface area (Å²) in [4.78, 5) is 66.5. The molecule has 3 amide bonds. The highest BCUT2D eigenvalue weighted by Gasteiger charge is 2.51. The highest BCUT2D eigenvalue weighted by molar-refractivity contribution is 6.42. The number of hydrazine groups is 1. The monoisotopic (exact) mass is 604 g/mol. The molecule has 0 spiro atoms. The summed E-state index contributed by atoms with van der Waals surface area (Å²) >= 11 is 12.2. The van der Waals surface area contributed by atoms with E-state index in [-0.39, 0.29) is 26.9 Å². The molecule has 0 saturated carbocycles. The lowest BCUT2D eigenvalue weighted by Gasteiger charge is -2.30. The van der Waals surface area contributed by atoms with E-state index < -0.39 is 47.9 Å². The molecule has 0 bridgehead atoms. The lowest BCUT2D eigenvalue weighted by molar-refractivity contribution is -0.154. The Bertz CT molecular complexity index is 1630. The Morgan fingerprint density at radius 1 is 0.833 bits per heavy atom. The highest BCUT2D eigenvalue weighted by Crippen LogP contribution is 2.39. The molecule has 1 aliphatic heterocycles. The SMILES string of the molecule is CC1=CC[C@@H]2C(=O)N(N(CC(=O)c3ccc(OC(=O)c4ccc(C)cc4)cc3)C(=O)c3ccc(Cl)c(Cl)c3)C(=O)[C@H]2C1. The van der Waals surface area contributed by atoms with E-state index in [1.54, 1.807) is 24.3 Å². The number of nitrogens with zero attached hydrogens (tertiary/aromatic N) is 2. The van der Waals surface area contributed by atoms with Gasteiger partial charge in [-0.1, -0.05) is 52.5 Å². The van der Waals surface area contributed by atoms with Crippen LogP contribution in [0.3, 0.4) is 0 Å². The Hall–Kier alpha value is -4.27. The van der Waals surface area contributed by atoms with Crippen LogP contribution >= 0.6 is 23.2 Å². The van der Waals surface area contributed by atoms with Crippen LogP contribution in [0.15, 0.2) is 78.4 Å². The van der Waals surface area contributed by atoms with Gasteiger partial charge in [-0.2, -0.15) is 5.01 Å². The van der Waals surface area contributed by atoms with E-state index in [1.165, 1.54) is 42.5 Å². The summed E-state index contributed by atoms with van der Waals surface area (Å²) in [6.45, 7) is 3.20. The zero-order valence-corrected chi connectivity index (χ0v) is 24.3. The lowest BCUT2D eigenvalue weighted by atomic mass is 9.82. The van der Waals surface area contributed by atoms with E-state index in [0.717, 1.165) is 21.2 Å². The minimum absolute atomic E-state index is 0.0559. The van der Waals surface area contributed by atoms with Gasteiger partial charge in [0.25, 0.3) is 17.7 Å². The van der Waals surface area contributed by atoms with Crippen molar-refractivity contribution in [3.63, 3.8) is 0 Å². The largest absolute Gasteiger partial charge is 0.423 e. The molecule has 214 valence electrons. The summed E-state index contributed by atoms with van der Waals surface area (Å²) in [6, 6.07) is 16.9. The number of aryl methyl sites for hydroxylation is 1. The van der Waals surface area contributed by atoms with Gasteiger partial charge in [0.15, 0.2) is 5.78 Å². The number of fused-ring (bicyclic) bond motifs is 1. The maximum Gasteiger partial charge on any atom is 0.343 e. The van der Waals surface area contributed by atoms with Crippen LogP contribution in [0.5, 0.6) is 5.75 Å². The molecule has 0 radical (unpaired) electrons. The summed E-state index contributed by atoms with van der Waals surface area (Å²) in [5.41, 5.74) is 2.61. The third-order valence-electron chi connectivity index (χ3n) is 7.41. The molecule has 42 heavy (non-hydrogen) atoms. The van der Waals surface area contributed by atoms with Crippen molar-refractivity contribution in [2.45, 2.75) is 26.7 Å². The van der Waals surface area contributed by atoms with Crippen LogP contribution < -0.4 is 4.74 Å². The number of ketones is 1. The van der Waals surface area contributed by atoms with Crippen molar-refractivity contribution in [3.05, 3.63) is 111 Å². The number of imide groups is 1. The van der Waals surface area contributed by atoms with Crippen LogP contribution in [0.2, 0.25) is 10.0 Å². The Balaban J connectivity index is 1.38. The lowest BCUT2D eigenvalue weighted by Crippen LogP contribution is -2.52. The molecule has 1 aliphatic carbocycles. The van der Waals surface area contributed by atoms with Crippen molar-refractivity contribution >= 4 is 52.7 Å². The number of allylic oxidation sites excluding steroid dienone is 2. The number of esters is 1. The Morgan fingerprint density at radius 3 is 2.12 bits per heavy atom. The molecular formula is C32H26Cl2N2O6. The normalized spacial score (nSPS) is 17.9. The molecule has 3 aromatic carbocycles. The first-order valence-corrected chi connectivity index (χ1v) is 14.0. The number of halogens is 2. The minimum Gasteiger partial charge on any atom is -0.423 e. The standard InChI is InChI=1S/C32H26Cl2N2O6/c1-18-3-6-21(7-4-18)32(41)42-23-11-8-20(9-12-23)28(37)17-35(29(38)22-10-14-26(33)27(34)16-22)36-30(39)24-13-5-19(2)15-25(24)31(36)40/h3-12,14,16,24-25H,13,15,17H2,1-2H3/t24-,25-/m0/s1. The average Bonchev–Trinajstić information content (AvgIpc) is 3.21.